The molecule has 16 nitrogen and oxygen atoms in total. The van der Waals surface area contributed by atoms with Crippen LogP contribution in [0.15, 0.2) is 0 Å². The molecule has 0 bridgehead atoms. The number of aliphatic carboxylic acids is 2. The van der Waals surface area contributed by atoms with Gasteiger partial charge in [0, 0.05) is 38.9 Å². The molecule has 1 unspecified atom stereocenters. The van der Waals surface area contributed by atoms with Gasteiger partial charge in [-0.15, -0.1) is 0 Å². The van der Waals surface area contributed by atoms with E-state index in [1.54, 1.807) is 0 Å². The van der Waals surface area contributed by atoms with Crippen LogP contribution in [0.25, 0.3) is 0 Å². The predicted octanol–water partition coefficient (Wildman–Crippen LogP) is 3.10. The number of hydrogen-bond acceptors (Lipinski definition) is 10. The van der Waals surface area contributed by atoms with Crippen LogP contribution in [0.5, 0.6) is 0 Å². The first-order chi connectivity index (χ1) is 25.6. The number of hydrogen-bond donors (Lipinski definition) is 6. The van der Waals surface area contributed by atoms with Gasteiger partial charge in [0.05, 0.1) is 39.6 Å². The Morgan fingerprint density at radius 2 is 0.906 bits per heavy atom. The topological polar surface area (TPSA) is 228 Å². The smallest absolute Gasteiger partial charge is 0.326 e. The second kappa shape index (κ2) is 37.0. The summed E-state index contributed by atoms with van der Waals surface area (Å²) in [6.07, 6.45) is 14.7. The van der Waals surface area contributed by atoms with Gasteiger partial charge in [0.1, 0.15) is 19.3 Å². The normalized spacial score (nSPS) is 11.5. The first-order valence-electron chi connectivity index (χ1n) is 19.5. The van der Waals surface area contributed by atoms with Crippen LogP contribution in [-0.2, 0) is 47.7 Å². The zero-order valence-electron chi connectivity index (χ0n) is 32.1. The molecular formula is C37H68N4O12. The zero-order valence-corrected chi connectivity index (χ0v) is 32.1. The molecule has 0 rings (SSSR count). The van der Waals surface area contributed by atoms with Gasteiger partial charge < -0.3 is 50.4 Å². The van der Waals surface area contributed by atoms with Crippen molar-refractivity contribution in [3.8, 4) is 0 Å². The molecule has 0 aromatic heterocycles. The van der Waals surface area contributed by atoms with Gasteiger partial charge in [0.15, 0.2) is 0 Å². The van der Waals surface area contributed by atoms with E-state index in [9.17, 15) is 33.9 Å². The van der Waals surface area contributed by atoms with Crippen molar-refractivity contribution >= 4 is 35.6 Å². The predicted molar refractivity (Wildman–Crippen MR) is 198 cm³/mol. The Bertz CT molecular complexity index is 985. The quantitative estimate of drug-likeness (QED) is 0.0497. The third kappa shape index (κ3) is 36.8. The van der Waals surface area contributed by atoms with Crippen molar-refractivity contribution in [3.05, 3.63) is 0 Å². The lowest BCUT2D eigenvalue weighted by atomic mass is 10.0. The molecule has 0 aliphatic carbocycles. The van der Waals surface area contributed by atoms with E-state index in [0.29, 0.717) is 32.7 Å². The van der Waals surface area contributed by atoms with Crippen LogP contribution in [0.4, 0.5) is 0 Å². The van der Waals surface area contributed by atoms with E-state index in [2.05, 4.69) is 21.3 Å². The molecule has 1 atom stereocenters. The van der Waals surface area contributed by atoms with Crippen LogP contribution in [0.2, 0.25) is 0 Å². The maximum atomic E-state index is 12.3. The maximum absolute atomic E-state index is 12.3. The van der Waals surface area contributed by atoms with Crippen LogP contribution in [0.3, 0.4) is 0 Å². The van der Waals surface area contributed by atoms with Crippen LogP contribution in [0, 0.1) is 0 Å². The Kier molecular flexibility index (Phi) is 34.7. The van der Waals surface area contributed by atoms with Crippen molar-refractivity contribution in [1.82, 2.24) is 21.3 Å². The van der Waals surface area contributed by atoms with E-state index in [-0.39, 0.29) is 95.5 Å². The summed E-state index contributed by atoms with van der Waals surface area (Å²) >= 11 is 0. The first kappa shape index (κ1) is 49.7. The van der Waals surface area contributed by atoms with E-state index in [0.717, 1.165) is 64.2 Å². The van der Waals surface area contributed by atoms with Gasteiger partial charge in [-0.1, -0.05) is 77.6 Å². The summed E-state index contributed by atoms with van der Waals surface area (Å²) in [7, 11) is 0. The molecule has 0 fully saturated rings. The highest BCUT2D eigenvalue weighted by Crippen LogP contribution is 2.13. The molecule has 0 aromatic rings. The number of carboxylic acid groups (broad SMARTS) is 2. The van der Waals surface area contributed by atoms with Gasteiger partial charge in [-0.2, -0.15) is 0 Å². The lowest BCUT2D eigenvalue weighted by molar-refractivity contribution is -0.142. The number of nitrogens with one attached hydrogen (secondary N) is 4. The van der Waals surface area contributed by atoms with E-state index in [1.165, 1.54) is 19.3 Å². The molecule has 0 saturated carbocycles. The number of amides is 4. The Morgan fingerprint density at radius 3 is 1.38 bits per heavy atom. The molecule has 0 saturated heterocycles. The summed E-state index contributed by atoms with van der Waals surface area (Å²) in [6, 6.07) is -1.14. The van der Waals surface area contributed by atoms with Gasteiger partial charge >= 0.3 is 11.9 Å². The summed E-state index contributed by atoms with van der Waals surface area (Å²) < 4.78 is 21.2. The highest BCUT2D eigenvalue weighted by atomic mass is 16.5. The minimum atomic E-state index is -1.18. The molecule has 6 N–H and O–H groups in total. The fourth-order valence-electron chi connectivity index (χ4n) is 5.02. The van der Waals surface area contributed by atoms with Gasteiger partial charge in [0.2, 0.25) is 23.6 Å². The average molecular weight is 761 g/mol. The second-order valence-corrected chi connectivity index (χ2v) is 12.9. The minimum Gasteiger partial charge on any atom is -0.481 e. The molecule has 53 heavy (non-hydrogen) atoms. The van der Waals surface area contributed by atoms with E-state index >= 15 is 0 Å². The standard InChI is InChI=1S/C37H68N4O12/c1-2-3-20-38-34(44)29-52-27-26-51-24-22-40-35(45)30-53-28-25-50-23-21-39-32(42)19-18-31(37(48)49)41-33(43)16-14-12-10-8-6-4-5-7-9-11-13-15-17-36(46)47/h31H,2-30H2,1H3,(H,38,44)(H,39,42)(H,40,45)(H,41,43)(H,46,47)(H,48,49). The van der Waals surface area contributed by atoms with Crippen molar-refractivity contribution in [2.24, 2.45) is 0 Å². The van der Waals surface area contributed by atoms with E-state index in [1.807, 2.05) is 6.92 Å². The molecule has 0 heterocycles. The molecule has 0 spiro atoms. The first-order valence-corrected chi connectivity index (χ1v) is 19.5. The van der Waals surface area contributed by atoms with Crippen LogP contribution in [-0.4, -0.2) is 124 Å². The van der Waals surface area contributed by atoms with Gasteiger partial charge in [-0.25, -0.2) is 4.79 Å². The second-order valence-electron chi connectivity index (χ2n) is 12.9. The third-order valence-corrected chi connectivity index (χ3v) is 8.04. The number of carbonyl (C=O) groups is 6. The van der Waals surface area contributed by atoms with E-state index < -0.39 is 18.0 Å². The summed E-state index contributed by atoms with van der Waals surface area (Å²) in [6.45, 7) is 4.55. The fourth-order valence-corrected chi connectivity index (χ4v) is 5.02. The molecule has 0 radical (unpaired) electrons. The van der Waals surface area contributed by atoms with Crippen molar-refractivity contribution in [2.75, 3.05) is 72.5 Å². The van der Waals surface area contributed by atoms with Gasteiger partial charge in [0.25, 0.3) is 0 Å². The third-order valence-electron chi connectivity index (χ3n) is 8.04. The Balaban J connectivity index is 3.66. The molecule has 308 valence electrons. The number of rotatable bonds is 39. The maximum Gasteiger partial charge on any atom is 0.326 e. The Labute approximate surface area is 315 Å². The monoisotopic (exact) mass is 760 g/mol. The Hall–Kier alpha value is -3.34. The van der Waals surface area contributed by atoms with Gasteiger partial charge in [-0.3, -0.25) is 24.0 Å². The van der Waals surface area contributed by atoms with Crippen LogP contribution >= 0.6 is 0 Å². The highest BCUT2D eigenvalue weighted by Gasteiger charge is 2.20. The number of ether oxygens (including phenoxy) is 4. The van der Waals surface area contributed by atoms with Crippen molar-refractivity contribution in [1.29, 1.82) is 0 Å². The lowest BCUT2D eigenvalue weighted by Gasteiger charge is -2.14. The summed E-state index contributed by atoms with van der Waals surface area (Å²) in [5, 5.41) is 28.7. The molecular weight excluding hydrogens is 692 g/mol. The molecule has 16 heteroatoms. The van der Waals surface area contributed by atoms with Crippen LogP contribution in [0.1, 0.15) is 122 Å². The fraction of sp³-hybridized carbons (Fsp3) is 0.838. The van der Waals surface area contributed by atoms with Gasteiger partial charge in [-0.05, 0) is 25.7 Å². The highest BCUT2D eigenvalue weighted by molar-refractivity contribution is 5.84. The minimum absolute atomic E-state index is 0.0102. The molecule has 0 aliphatic rings. The Morgan fingerprint density at radius 1 is 0.472 bits per heavy atom. The number of carbonyl (C=O) groups excluding carboxylic acids is 4. The van der Waals surface area contributed by atoms with Crippen molar-refractivity contribution in [3.63, 3.8) is 0 Å². The van der Waals surface area contributed by atoms with Crippen LogP contribution < -0.4 is 21.3 Å². The summed E-state index contributed by atoms with van der Waals surface area (Å²) in [5.41, 5.74) is 0. The molecule has 0 aliphatic heterocycles. The summed E-state index contributed by atoms with van der Waals surface area (Å²) in [5.74, 6) is -3.04. The SMILES string of the molecule is CCCCNC(=O)COCCOCCNC(=O)COCCOCCNC(=O)CCC(NC(=O)CCCCCCCCCCCCCCC(=O)O)C(=O)O. The van der Waals surface area contributed by atoms with Crippen molar-refractivity contribution < 1.29 is 57.9 Å². The molecule has 4 amide bonds. The summed E-state index contributed by atoms with van der Waals surface area (Å²) in [4.78, 5) is 69.8. The zero-order chi connectivity index (χ0) is 39.2. The largest absolute Gasteiger partial charge is 0.481 e. The van der Waals surface area contributed by atoms with E-state index in [4.69, 9.17) is 24.1 Å². The lowest BCUT2D eigenvalue weighted by Crippen LogP contribution is -2.41. The number of carboxylic acids is 2. The number of unbranched alkanes of at least 4 members (excludes halogenated alkanes) is 12. The van der Waals surface area contributed by atoms with Crippen molar-refractivity contribution in [2.45, 2.75) is 129 Å². The average Bonchev–Trinajstić information content (AvgIpc) is 3.12. The molecule has 0 aromatic carbocycles.